The van der Waals surface area contributed by atoms with Gasteiger partial charge in [-0.3, -0.25) is 0 Å². The lowest BCUT2D eigenvalue weighted by atomic mass is 10.2. The van der Waals surface area contributed by atoms with Gasteiger partial charge in [-0.2, -0.15) is 0 Å². The van der Waals surface area contributed by atoms with Crippen molar-refractivity contribution in [2.45, 2.75) is 17.9 Å². The van der Waals surface area contributed by atoms with Gasteiger partial charge in [0.2, 0.25) is 10.0 Å². The normalized spacial score (nSPS) is 11.4. The number of nitrogens with one attached hydrogen (secondary N) is 1. The zero-order valence-corrected chi connectivity index (χ0v) is 14.0. The van der Waals surface area contributed by atoms with Crippen LogP contribution in [0, 0.1) is 0 Å². The van der Waals surface area contributed by atoms with Crippen LogP contribution >= 0.6 is 11.6 Å². The molecule has 9 heteroatoms. The van der Waals surface area contributed by atoms with E-state index in [1.165, 1.54) is 25.3 Å². The van der Waals surface area contributed by atoms with E-state index in [-0.39, 0.29) is 22.0 Å². The molecule has 23 heavy (non-hydrogen) atoms. The fourth-order valence-electron chi connectivity index (χ4n) is 1.91. The Morgan fingerprint density at radius 2 is 2.22 bits per heavy atom. The summed E-state index contributed by atoms with van der Waals surface area (Å²) in [5, 5.41) is 0.135. The number of esters is 1. The van der Waals surface area contributed by atoms with Crippen molar-refractivity contribution in [2.24, 2.45) is 0 Å². The number of hydrogen-bond donors (Lipinski definition) is 1. The monoisotopic (exact) mass is 357 g/mol. The minimum absolute atomic E-state index is 0.00968. The SMILES string of the molecule is COC(=O)c1cc(S(=O)(=O)NCCCn2ccnc2)ccc1Cl. The summed E-state index contributed by atoms with van der Waals surface area (Å²) in [4.78, 5) is 15.4. The largest absolute Gasteiger partial charge is 0.465 e. The predicted molar refractivity (Wildman–Crippen MR) is 84.8 cm³/mol. The molecule has 0 aliphatic carbocycles. The van der Waals surface area contributed by atoms with Gasteiger partial charge >= 0.3 is 5.97 Å². The number of carbonyl (C=O) groups is 1. The molecule has 0 amide bonds. The first-order valence-electron chi connectivity index (χ1n) is 6.77. The number of imidazole rings is 1. The fraction of sp³-hybridized carbons (Fsp3) is 0.286. The Labute approximate surface area is 139 Å². The topological polar surface area (TPSA) is 90.3 Å². The van der Waals surface area contributed by atoms with E-state index in [2.05, 4.69) is 14.4 Å². The number of ether oxygens (including phenoxy) is 1. The maximum absolute atomic E-state index is 12.2. The van der Waals surface area contributed by atoms with Crippen LogP contribution in [0.1, 0.15) is 16.8 Å². The molecule has 0 radical (unpaired) electrons. The second kappa shape index (κ2) is 7.58. The van der Waals surface area contributed by atoms with Gasteiger partial charge in [0.05, 0.1) is 28.9 Å². The second-order valence-corrected chi connectivity index (χ2v) is 6.86. The van der Waals surface area contributed by atoms with Crippen molar-refractivity contribution in [1.82, 2.24) is 14.3 Å². The average molecular weight is 358 g/mol. The number of sulfonamides is 1. The van der Waals surface area contributed by atoms with Gasteiger partial charge in [0.1, 0.15) is 0 Å². The number of aromatic nitrogens is 2. The molecule has 0 unspecified atom stereocenters. The van der Waals surface area contributed by atoms with Crippen LogP contribution in [0.5, 0.6) is 0 Å². The van der Waals surface area contributed by atoms with Crippen LogP contribution in [-0.4, -0.2) is 37.6 Å². The summed E-state index contributed by atoms with van der Waals surface area (Å²) >= 11 is 5.88. The Kier molecular flexibility index (Phi) is 5.75. The quantitative estimate of drug-likeness (QED) is 0.601. The molecule has 0 aliphatic rings. The Bertz CT molecular complexity index is 775. The highest BCUT2D eigenvalue weighted by Crippen LogP contribution is 2.21. The van der Waals surface area contributed by atoms with E-state index >= 15 is 0 Å². The molecule has 7 nitrogen and oxygen atoms in total. The van der Waals surface area contributed by atoms with Crippen LogP contribution in [0.4, 0.5) is 0 Å². The minimum Gasteiger partial charge on any atom is -0.465 e. The molecule has 124 valence electrons. The number of carbonyl (C=O) groups excluding carboxylic acids is 1. The molecule has 0 atom stereocenters. The third-order valence-corrected chi connectivity index (χ3v) is 4.89. The van der Waals surface area contributed by atoms with Crippen LogP contribution in [0.3, 0.4) is 0 Å². The average Bonchev–Trinajstić information content (AvgIpc) is 3.04. The maximum atomic E-state index is 12.2. The summed E-state index contributed by atoms with van der Waals surface area (Å²) in [6, 6.07) is 3.90. The lowest BCUT2D eigenvalue weighted by Crippen LogP contribution is -2.25. The second-order valence-electron chi connectivity index (χ2n) is 4.69. The van der Waals surface area contributed by atoms with Crippen molar-refractivity contribution in [3.05, 3.63) is 47.5 Å². The fourth-order valence-corrected chi connectivity index (χ4v) is 3.20. The highest BCUT2D eigenvalue weighted by Gasteiger charge is 2.18. The molecule has 2 aromatic rings. The van der Waals surface area contributed by atoms with Crippen LogP contribution in [0.2, 0.25) is 5.02 Å². The first-order chi connectivity index (χ1) is 10.9. The molecule has 1 heterocycles. The lowest BCUT2D eigenvalue weighted by Gasteiger charge is -2.09. The zero-order valence-electron chi connectivity index (χ0n) is 12.4. The Morgan fingerprint density at radius 1 is 1.43 bits per heavy atom. The van der Waals surface area contributed by atoms with E-state index in [4.69, 9.17) is 11.6 Å². The number of aryl methyl sites for hydroxylation is 1. The summed E-state index contributed by atoms with van der Waals surface area (Å²) in [6.45, 7) is 0.910. The summed E-state index contributed by atoms with van der Waals surface area (Å²) in [7, 11) is -2.52. The molecule has 0 saturated heterocycles. The molecule has 0 saturated carbocycles. The standard InChI is InChI=1S/C14H16ClN3O4S/c1-22-14(19)12-9-11(3-4-13(12)15)23(20,21)17-5-2-7-18-8-6-16-10-18/h3-4,6,8-10,17H,2,5,7H2,1H3. The van der Waals surface area contributed by atoms with Crippen molar-refractivity contribution in [1.29, 1.82) is 0 Å². The molecule has 0 spiro atoms. The predicted octanol–water partition coefficient (Wildman–Crippen LogP) is 1.69. The molecule has 1 aromatic carbocycles. The smallest absolute Gasteiger partial charge is 0.339 e. The number of rotatable bonds is 7. The van der Waals surface area contributed by atoms with Crippen molar-refractivity contribution in [3.63, 3.8) is 0 Å². The minimum atomic E-state index is -3.72. The molecular weight excluding hydrogens is 342 g/mol. The van der Waals surface area contributed by atoms with Gasteiger partial charge in [-0.05, 0) is 24.6 Å². The van der Waals surface area contributed by atoms with Crippen LogP contribution in [-0.2, 0) is 21.3 Å². The third-order valence-electron chi connectivity index (χ3n) is 3.10. The third kappa shape index (κ3) is 4.54. The summed E-state index contributed by atoms with van der Waals surface area (Å²) in [5.74, 6) is -0.688. The van der Waals surface area contributed by atoms with Crippen molar-refractivity contribution >= 4 is 27.6 Å². The molecule has 2 rings (SSSR count). The number of methoxy groups -OCH3 is 1. The summed E-state index contributed by atoms with van der Waals surface area (Å²) < 4.78 is 33.4. The van der Waals surface area contributed by atoms with Crippen molar-refractivity contribution < 1.29 is 17.9 Å². The molecule has 0 bridgehead atoms. The first kappa shape index (κ1) is 17.5. The van der Waals surface area contributed by atoms with E-state index in [9.17, 15) is 13.2 Å². The molecule has 0 aliphatic heterocycles. The Hall–Kier alpha value is -1.90. The Balaban J connectivity index is 2.02. The van der Waals surface area contributed by atoms with E-state index in [1.54, 1.807) is 18.7 Å². The van der Waals surface area contributed by atoms with Crippen LogP contribution < -0.4 is 4.72 Å². The van der Waals surface area contributed by atoms with Gasteiger partial charge in [-0.25, -0.2) is 22.9 Å². The number of benzene rings is 1. The first-order valence-corrected chi connectivity index (χ1v) is 8.63. The summed E-state index contributed by atoms with van der Waals surface area (Å²) in [5.41, 5.74) is 0.00968. The maximum Gasteiger partial charge on any atom is 0.339 e. The molecule has 1 N–H and O–H groups in total. The molecular formula is C14H16ClN3O4S. The lowest BCUT2D eigenvalue weighted by molar-refractivity contribution is 0.0600. The number of nitrogens with zero attached hydrogens (tertiary/aromatic N) is 2. The highest BCUT2D eigenvalue weighted by molar-refractivity contribution is 7.89. The van der Waals surface area contributed by atoms with E-state index < -0.39 is 16.0 Å². The van der Waals surface area contributed by atoms with Gasteiger partial charge < -0.3 is 9.30 Å². The van der Waals surface area contributed by atoms with Gasteiger partial charge in [0, 0.05) is 25.5 Å². The number of hydrogen-bond acceptors (Lipinski definition) is 5. The molecule has 0 fully saturated rings. The van der Waals surface area contributed by atoms with Gasteiger partial charge in [0.25, 0.3) is 0 Å². The zero-order chi connectivity index (χ0) is 16.9. The highest BCUT2D eigenvalue weighted by atomic mass is 35.5. The van der Waals surface area contributed by atoms with Gasteiger partial charge in [-0.1, -0.05) is 11.6 Å². The van der Waals surface area contributed by atoms with Gasteiger partial charge in [0.15, 0.2) is 0 Å². The van der Waals surface area contributed by atoms with Crippen LogP contribution in [0.25, 0.3) is 0 Å². The van der Waals surface area contributed by atoms with Crippen LogP contribution in [0.15, 0.2) is 41.8 Å². The van der Waals surface area contributed by atoms with E-state index in [0.717, 1.165) is 0 Å². The summed E-state index contributed by atoms with van der Waals surface area (Å²) in [6.07, 6.45) is 5.73. The van der Waals surface area contributed by atoms with E-state index in [1.807, 2.05) is 4.57 Å². The molecule has 1 aromatic heterocycles. The van der Waals surface area contributed by atoms with Gasteiger partial charge in [-0.15, -0.1) is 0 Å². The number of halogens is 1. The van der Waals surface area contributed by atoms with E-state index in [0.29, 0.717) is 13.0 Å². The van der Waals surface area contributed by atoms with Crippen molar-refractivity contribution in [3.8, 4) is 0 Å². The van der Waals surface area contributed by atoms with Crippen molar-refractivity contribution in [2.75, 3.05) is 13.7 Å². The Morgan fingerprint density at radius 3 is 2.87 bits per heavy atom.